The predicted molar refractivity (Wildman–Crippen MR) is 115 cm³/mol. The SMILES string of the molecule is CC(C)Oc1ccccc1Nc1nc(Nc2ccc(I)cc2)ncc1C(F)(F)F. The standard InChI is InChI=1S/C20H18F3IN4O/c1-12(2)29-17-6-4-3-5-16(17)27-18-15(20(21,22)23)11-25-19(28-18)26-14-9-7-13(24)8-10-14/h3-12H,1-2H3,(H2,25,26,27,28). The zero-order valence-electron chi connectivity index (χ0n) is 15.6. The van der Waals surface area contributed by atoms with Crippen molar-refractivity contribution in [1.29, 1.82) is 0 Å². The molecule has 2 aromatic carbocycles. The van der Waals surface area contributed by atoms with Crippen LogP contribution in [-0.2, 0) is 6.18 Å². The van der Waals surface area contributed by atoms with Crippen LogP contribution in [0.2, 0.25) is 0 Å². The summed E-state index contributed by atoms with van der Waals surface area (Å²) in [4.78, 5) is 7.88. The van der Waals surface area contributed by atoms with E-state index in [9.17, 15) is 13.2 Å². The van der Waals surface area contributed by atoms with Crippen LogP contribution in [0.5, 0.6) is 5.75 Å². The largest absolute Gasteiger partial charge is 0.489 e. The van der Waals surface area contributed by atoms with E-state index in [1.165, 1.54) is 0 Å². The number of benzene rings is 2. The molecule has 5 nitrogen and oxygen atoms in total. The van der Waals surface area contributed by atoms with E-state index in [-0.39, 0.29) is 17.9 Å². The molecule has 3 aromatic rings. The molecule has 0 saturated carbocycles. The van der Waals surface area contributed by atoms with Crippen LogP contribution in [0.1, 0.15) is 19.4 Å². The third-order valence-electron chi connectivity index (χ3n) is 3.70. The Morgan fingerprint density at radius 1 is 1.00 bits per heavy atom. The molecule has 0 radical (unpaired) electrons. The maximum absolute atomic E-state index is 13.5. The smallest absolute Gasteiger partial charge is 0.421 e. The Bertz CT molecular complexity index is 978. The molecule has 0 atom stereocenters. The molecule has 0 aliphatic rings. The molecule has 9 heteroatoms. The van der Waals surface area contributed by atoms with Gasteiger partial charge in [0.2, 0.25) is 5.95 Å². The summed E-state index contributed by atoms with van der Waals surface area (Å²) in [7, 11) is 0. The lowest BCUT2D eigenvalue weighted by molar-refractivity contribution is -0.137. The minimum absolute atomic E-state index is 0.0453. The Kier molecular flexibility index (Phi) is 6.46. The van der Waals surface area contributed by atoms with E-state index in [1.807, 2.05) is 26.0 Å². The van der Waals surface area contributed by atoms with E-state index in [2.05, 4.69) is 43.2 Å². The van der Waals surface area contributed by atoms with Gasteiger partial charge in [-0.1, -0.05) is 12.1 Å². The zero-order valence-corrected chi connectivity index (χ0v) is 17.7. The third kappa shape index (κ3) is 5.72. The van der Waals surface area contributed by atoms with Gasteiger partial charge in [0.1, 0.15) is 17.1 Å². The van der Waals surface area contributed by atoms with Crippen molar-refractivity contribution >= 4 is 45.7 Å². The number of nitrogens with zero attached hydrogens (tertiary/aromatic N) is 2. The van der Waals surface area contributed by atoms with Crippen molar-refractivity contribution in [1.82, 2.24) is 9.97 Å². The Morgan fingerprint density at radius 2 is 1.69 bits per heavy atom. The van der Waals surface area contributed by atoms with Gasteiger partial charge in [0.25, 0.3) is 0 Å². The second-order valence-corrected chi connectivity index (χ2v) is 7.62. The van der Waals surface area contributed by atoms with E-state index in [0.29, 0.717) is 17.1 Å². The summed E-state index contributed by atoms with van der Waals surface area (Å²) in [5.41, 5.74) is 0.0790. The maximum atomic E-state index is 13.5. The number of rotatable bonds is 6. The molecule has 3 rings (SSSR count). The molecule has 0 saturated heterocycles. The lowest BCUT2D eigenvalue weighted by Gasteiger charge is -2.18. The Morgan fingerprint density at radius 3 is 2.34 bits per heavy atom. The van der Waals surface area contributed by atoms with Crippen molar-refractivity contribution in [2.24, 2.45) is 0 Å². The minimum Gasteiger partial charge on any atom is -0.489 e. The maximum Gasteiger partial charge on any atom is 0.421 e. The van der Waals surface area contributed by atoms with Crippen LogP contribution in [-0.4, -0.2) is 16.1 Å². The fourth-order valence-electron chi connectivity index (χ4n) is 2.46. The van der Waals surface area contributed by atoms with E-state index < -0.39 is 11.7 Å². The van der Waals surface area contributed by atoms with E-state index in [0.717, 1.165) is 9.77 Å². The van der Waals surface area contributed by atoms with Gasteiger partial charge >= 0.3 is 6.18 Å². The van der Waals surface area contributed by atoms with Gasteiger partial charge in [0.15, 0.2) is 0 Å². The van der Waals surface area contributed by atoms with Crippen molar-refractivity contribution in [3.05, 3.63) is 63.9 Å². The number of para-hydroxylation sites is 2. The second kappa shape index (κ2) is 8.85. The molecule has 0 amide bonds. The van der Waals surface area contributed by atoms with Crippen molar-refractivity contribution in [3.8, 4) is 5.75 Å². The first-order valence-electron chi connectivity index (χ1n) is 8.72. The van der Waals surface area contributed by atoms with E-state index >= 15 is 0 Å². The van der Waals surface area contributed by atoms with Crippen LogP contribution < -0.4 is 15.4 Å². The summed E-state index contributed by atoms with van der Waals surface area (Å²) < 4.78 is 47.2. The molecule has 0 fully saturated rings. The molecule has 152 valence electrons. The third-order valence-corrected chi connectivity index (χ3v) is 4.42. The number of halogens is 4. The molecule has 2 N–H and O–H groups in total. The molecule has 1 aromatic heterocycles. The molecular formula is C20H18F3IN4O. The molecule has 0 aliphatic heterocycles. The first kappa shape index (κ1) is 21.2. The minimum atomic E-state index is -4.61. The summed E-state index contributed by atoms with van der Waals surface area (Å²) >= 11 is 2.16. The number of aromatic nitrogens is 2. The van der Waals surface area contributed by atoms with Gasteiger partial charge in [-0.05, 0) is 72.8 Å². The molecule has 1 heterocycles. The highest BCUT2D eigenvalue weighted by Crippen LogP contribution is 2.37. The fraction of sp³-hybridized carbons (Fsp3) is 0.200. The van der Waals surface area contributed by atoms with E-state index in [4.69, 9.17) is 4.74 Å². The highest BCUT2D eigenvalue weighted by molar-refractivity contribution is 14.1. The fourth-order valence-corrected chi connectivity index (χ4v) is 2.82. The monoisotopic (exact) mass is 514 g/mol. The van der Waals surface area contributed by atoms with Gasteiger partial charge in [-0.2, -0.15) is 18.2 Å². The van der Waals surface area contributed by atoms with Crippen molar-refractivity contribution < 1.29 is 17.9 Å². The topological polar surface area (TPSA) is 59.1 Å². The Hall–Kier alpha value is -2.56. The van der Waals surface area contributed by atoms with Gasteiger partial charge in [-0.3, -0.25) is 0 Å². The van der Waals surface area contributed by atoms with E-state index in [1.54, 1.807) is 36.4 Å². The normalized spacial score (nSPS) is 11.4. The van der Waals surface area contributed by atoms with Crippen LogP contribution in [0, 0.1) is 3.57 Å². The summed E-state index contributed by atoms with van der Waals surface area (Å²) in [5, 5.41) is 5.67. The summed E-state index contributed by atoms with van der Waals surface area (Å²) in [6.07, 6.45) is -3.99. The lowest BCUT2D eigenvalue weighted by atomic mass is 10.2. The highest BCUT2D eigenvalue weighted by atomic mass is 127. The van der Waals surface area contributed by atoms with Crippen LogP contribution in [0.4, 0.5) is 36.3 Å². The van der Waals surface area contributed by atoms with Crippen LogP contribution in [0.15, 0.2) is 54.7 Å². The average molecular weight is 514 g/mol. The van der Waals surface area contributed by atoms with Crippen LogP contribution in [0.3, 0.4) is 0 Å². The van der Waals surface area contributed by atoms with Gasteiger partial charge in [0, 0.05) is 15.5 Å². The van der Waals surface area contributed by atoms with Crippen molar-refractivity contribution in [2.75, 3.05) is 10.6 Å². The molecule has 0 bridgehead atoms. The summed E-state index contributed by atoms with van der Waals surface area (Å²) in [6, 6.07) is 14.1. The number of alkyl halides is 3. The molecule has 0 unspecified atom stereocenters. The van der Waals surface area contributed by atoms with Crippen molar-refractivity contribution in [3.63, 3.8) is 0 Å². The van der Waals surface area contributed by atoms with Gasteiger partial charge in [-0.15, -0.1) is 0 Å². The van der Waals surface area contributed by atoms with Crippen molar-refractivity contribution in [2.45, 2.75) is 26.1 Å². The summed E-state index contributed by atoms with van der Waals surface area (Å²) in [5.74, 6) is 0.116. The number of nitrogens with one attached hydrogen (secondary N) is 2. The first-order chi connectivity index (χ1) is 13.7. The zero-order chi connectivity index (χ0) is 21.0. The van der Waals surface area contributed by atoms with Gasteiger partial charge in [0.05, 0.1) is 11.8 Å². The van der Waals surface area contributed by atoms with Gasteiger partial charge < -0.3 is 15.4 Å². The Labute approximate surface area is 179 Å². The highest BCUT2D eigenvalue weighted by Gasteiger charge is 2.35. The molecule has 29 heavy (non-hydrogen) atoms. The molecular weight excluding hydrogens is 496 g/mol. The second-order valence-electron chi connectivity index (χ2n) is 6.37. The van der Waals surface area contributed by atoms with Gasteiger partial charge in [-0.25, -0.2) is 4.98 Å². The molecule has 0 aliphatic carbocycles. The first-order valence-corrected chi connectivity index (χ1v) is 9.80. The average Bonchev–Trinajstić information content (AvgIpc) is 2.64. The van der Waals surface area contributed by atoms with Crippen LogP contribution >= 0.6 is 22.6 Å². The predicted octanol–water partition coefficient (Wildman–Crippen LogP) is 6.37. The Balaban J connectivity index is 1.96. The number of anilines is 4. The number of hydrogen-bond acceptors (Lipinski definition) is 5. The lowest BCUT2D eigenvalue weighted by Crippen LogP contribution is -2.13. The van der Waals surface area contributed by atoms with Crippen LogP contribution in [0.25, 0.3) is 0 Å². The quantitative estimate of drug-likeness (QED) is 0.375. The molecule has 0 spiro atoms. The summed E-state index contributed by atoms with van der Waals surface area (Å²) in [6.45, 7) is 3.68. The number of ether oxygens (including phenoxy) is 1. The number of hydrogen-bond donors (Lipinski definition) is 2.